The normalized spacial score (nSPS) is 22.4. The van der Waals surface area contributed by atoms with E-state index in [1.807, 2.05) is 0 Å². The molecule has 2 heterocycles. The van der Waals surface area contributed by atoms with Crippen LogP contribution in [0.2, 0.25) is 0 Å². The van der Waals surface area contributed by atoms with Crippen molar-refractivity contribution in [2.24, 2.45) is 12.0 Å². The number of carbonyl (C=O) groups is 1. The fourth-order valence-electron chi connectivity index (χ4n) is 3.02. The van der Waals surface area contributed by atoms with Crippen molar-refractivity contribution in [3.8, 4) is 5.69 Å². The van der Waals surface area contributed by atoms with E-state index < -0.39 is 44.4 Å². The van der Waals surface area contributed by atoms with E-state index in [2.05, 4.69) is 4.99 Å². The van der Waals surface area contributed by atoms with Gasteiger partial charge in [-0.2, -0.15) is 17.1 Å². The van der Waals surface area contributed by atoms with Gasteiger partial charge in [-0.3, -0.25) is 19.1 Å². The zero-order valence-electron chi connectivity index (χ0n) is 16.7. The number of ether oxygens (including phenoxy) is 1. The Labute approximate surface area is 184 Å². The van der Waals surface area contributed by atoms with Crippen LogP contribution in [-0.2, 0) is 22.8 Å². The molecule has 0 bridgehead atoms. The molecule has 1 atom stereocenters. The van der Waals surface area contributed by atoms with Crippen LogP contribution in [0.4, 0.5) is 22.7 Å². The SMILES string of the molecule is COCCN1C(=O)CS(F)(Cl)C1=Nc1ccc(-n2c(=O)cc(C(F)(F)F)n(C)c2=O)cc1. The molecule has 0 aliphatic carbocycles. The minimum absolute atomic E-state index is 0.0169. The number of hydrogen-bond donors (Lipinski definition) is 0. The summed E-state index contributed by atoms with van der Waals surface area (Å²) in [5.41, 5.74) is -3.59. The van der Waals surface area contributed by atoms with Crippen LogP contribution in [0.1, 0.15) is 5.69 Å². The van der Waals surface area contributed by atoms with Gasteiger partial charge in [0.1, 0.15) is 11.4 Å². The van der Waals surface area contributed by atoms with Crippen LogP contribution in [0.5, 0.6) is 0 Å². The summed E-state index contributed by atoms with van der Waals surface area (Å²) in [5, 5.41) is -0.253. The van der Waals surface area contributed by atoms with E-state index in [9.17, 15) is 31.4 Å². The molecule has 8 nitrogen and oxygen atoms in total. The van der Waals surface area contributed by atoms with E-state index in [4.69, 9.17) is 15.4 Å². The molecule has 174 valence electrons. The van der Waals surface area contributed by atoms with Gasteiger partial charge in [-0.15, -0.1) is 0 Å². The minimum Gasteiger partial charge on any atom is -0.383 e. The maximum Gasteiger partial charge on any atom is 0.431 e. The summed E-state index contributed by atoms with van der Waals surface area (Å²) in [6.45, 7) is 0.185. The van der Waals surface area contributed by atoms with Crippen molar-refractivity contribution >= 4 is 37.1 Å². The lowest BCUT2D eigenvalue weighted by molar-refractivity contribution is -0.144. The summed E-state index contributed by atoms with van der Waals surface area (Å²) in [6, 6.07) is 5.47. The highest BCUT2D eigenvalue weighted by molar-refractivity contribution is 8.58. The molecule has 0 radical (unpaired) electrons. The van der Waals surface area contributed by atoms with Crippen molar-refractivity contribution in [2.75, 3.05) is 26.0 Å². The van der Waals surface area contributed by atoms with Crippen molar-refractivity contribution in [1.82, 2.24) is 14.0 Å². The van der Waals surface area contributed by atoms with Crippen molar-refractivity contribution in [2.45, 2.75) is 6.18 Å². The molecular weight excluding hydrogens is 480 g/mol. The Kier molecular flexibility index (Phi) is 6.54. The van der Waals surface area contributed by atoms with Crippen LogP contribution in [0.25, 0.3) is 5.69 Å². The smallest absolute Gasteiger partial charge is 0.383 e. The molecule has 0 saturated carbocycles. The Hall–Kier alpha value is -2.64. The number of rotatable bonds is 5. The molecule has 14 heteroatoms. The Morgan fingerprint density at radius 1 is 1.19 bits per heavy atom. The van der Waals surface area contributed by atoms with Gasteiger partial charge in [0.15, 0.2) is 5.17 Å². The first-order valence-electron chi connectivity index (χ1n) is 8.96. The molecule has 1 fully saturated rings. The van der Waals surface area contributed by atoms with Crippen LogP contribution in [0, 0.1) is 0 Å². The molecule has 1 aromatic carbocycles. The maximum atomic E-state index is 14.8. The Bertz CT molecular complexity index is 1190. The van der Waals surface area contributed by atoms with E-state index in [0.717, 1.165) is 11.9 Å². The first kappa shape index (κ1) is 24.0. The number of aliphatic imine (C=N–C) groups is 1. The fraction of sp³-hybridized carbons (Fsp3) is 0.333. The zero-order chi connectivity index (χ0) is 23.8. The molecule has 3 rings (SSSR count). The molecule has 1 amide bonds. The molecule has 1 aromatic heterocycles. The van der Waals surface area contributed by atoms with E-state index in [1.54, 1.807) is 0 Å². The maximum absolute atomic E-state index is 14.8. The topological polar surface area (TPSA) is 85.9 Å². The van der Waals surface area contributed by atoms with E-state index >= 15 is 0 Å². The lowest BCUT2D eigenvalue weighted by Crippen LogP contribution is -2.40. The van der Waals surface area contributed by atoms with E-state index in [1.165, 1.54) is 31.4 Å². The number of alkyl halides is 3. The van der Waals surface area contributed by atoms with Gasteiger partial charge in [-0.1, -0.05) is 0 Å². The average Bonchev–Trinajstić information content (AvgIpc) is 2.91. The van der Waals surface area contributed by atoms with Gasteiger partial charge in [0.25, 0.3) is 5.56 Å². The fourth-order valence-corrected chi connectivity index (χ4v) is 5.00. The lowest BCUT2D eigenvalue weighted by atomic mass is 10.2. The van der Waals surface area contributed by atoms with Gasteiger partial charge < -0.3 is 4.74 Å². The standard InChI is InChI=1S/C18H17ClF4N4O4S/c1-25-13(18(20,21)22)9-14(28)27(17(25)30)12-5-3-11(4-6-12)24-16-26(7-8-31-2)15(29)10-32(16,19)23/h3-6,9H,7-8,10H2,1-2H3. The predicted molar refractivity (Wildman–Crippen MR) is 112 cm³/mol. The quantitative estimate of drug-likeness (QED) is 0.596. The highest BCUT2D eigenvalue weighted by atomic mass is 35.7. The number of nitrogens with zero attached hydrogens (tertiary/aromatic N) is 4. The van der Waals surface area contributed by atoms with Crippen LogP contribution in [-0.4, -0.2) is 51.1 Å². The Morgan fingerprint density at radius 3 is 2.38 bits per heavy atom. The van der Waals surface area contributed by atoms with E-state index in [0.29, 0.717) is 15.2 Å². The van der Waals surface area contributed by atoms with Crippen LogP contribution >= 0.6 is 20.3 Å². The number of amides is 1. The molecule has 1 aliphatic rings. The molecule has 1 unspecified atom stereocenters. The third-order valence-corrected chi connectivity index (χ3v) is 6.76. The predicted octanol–water partition coefficient (Wildman–Crippen LogP) is 2.87. The van der Waals surface area contributed by atoms with Crippen molar-refractivity contribution < 1.29 is 26.6 Å². The minimum atomic E-state index is -4.87. The Balaban J connectivity index is 2.00. The zero-order valence-corrected chi connectivity index (χ0v) is 18.3. The van der Waals surface area contributed by atoms with Gasteiger partial charge >= 0.3 is 11.9 Å². The largest absolute Gasteiger partial charge is 0.431 e. The summed E-state index contributed by atoms with van der Waals surface area (Å²) in [6.07, 6.45) is -4.87. The second-order valence-corrected chi connectivity index (χ2v) is 9.98. The number of halogens is 5. The Morgan fingerprint density at radius 2 is 1.81 bits per heavy atom. The summed E-state index contributed by atoms with van der Waals surface area (Å²) in [4.78, 5) is 41.8. The van der Waals surface area contributed by atoms with Gasteiger partial charge in [0.2, 0.25) is 5.91 Å². The van der Waals surface area contributed by atoms with Crippen LogP contribution < -0.4 is 11.2 Å². The second-order valence-electron chi connectivity index (χ2n) is 6.71. The molecule has 32 heavy (non-hydrogen) atoms. The third-order valence-electron chi connectivity index (χ3n) is 4.57. The monoisotopic (exact) mass is 496 g/mol. The number of methoxy groups -OCH3 is 1. The summed E-state index contributed by atoms with van der Waals surface area (Å²) in [7, 11) is 4.72. The molecule has 0 spiro atoms. The second kappa shape index (κ2) is 8.71. The van der Waals surface area contributed by atoms with Crippen molar-refractivity contribution in [3.05, 3.63) is 56.9 Å². The first-order valence-corrected chi connectivity index (χ1v) is 11.5. The summed E-state index contributed by atoms with van der Waals surface area (Å²) < 4.78 is 59.5. The van der Waals surface area contributed by atoms with Gasteiger partial charge in [-0.05, 0) is 34.9 Å². The molecular formula is C18H17ClF4N4O4S. The molecule has 0 N–H and O–H groups in total. The van der Waals surface area contributed by atoms with Crippen LogP contribution in [0.15, 0.2) is 44.9 Å². The highest BCUT2D eigenvalue weighted by Gasteiger charge is 2.45. The van der Waals surface area contributed by atoms with Gasteiger partial charge in [-0.25, -0.2) is 14.4 Å². The highest BCUT2D eigenvalue weighted by Crippen LogP contribution is 2.61. The number of amidine groups is 1. The van der Waals surface area contributed by atoms with Crippen molar-refractivity contribution in [3.63, 3.8) is 0 Å². The van der Waals surface area contributed by atoms with Crippen LogP contribution in [0.3, 0.4) is 0 Å². The third kappa shape index (κ3) is 4.59. The number of benzene rings is 1. The van der Waals surface area contributed by atoms with Crippen molar-refractivity contribution in [1.29, 1.82) is 0 Å². The molecule has 1 saturated heterocycles. The molecule has 1 aliphatic heterocycles. The number of carbonyl (C=O) groups excluding carboxylic acids is 1. The number of hydrogen-bond acceptors (Lipinski definition) is 5. The lowest BCUT2D eigenvalue weighted by Gasteiger charge is -2.20. The van der Waals surface area contributed by atoms with Gasteiger partial charge in [0.05, 0.1) is 34.2 Å². The average molecular weight is 497 g/mol. The summed E-state index contributed by atoms with van der Waals surface area (Å²) in [5.74, 6) is -1.06. The first-order chi connectivity index (χ1) is 14.9. The number of aromatic nitrogens is 2. The molecule has 2 aromatic rings. The van der Waals surface area contributed by atoms with E-state index in [-0.39, 0.29) is 29.7 Å². The van der Waals surface area contributed by atoms with Gasteiger partial charge in [0, 0.05) is 20.2 Å². The summed E-state index contributed by atoms with van der Waals surface area (Å²) >= 11 is 0.